The minimum Gasteiger partial charge on any atom is -0.316 e. The predicted molar refractivity (Wildman–Crippen MR) is 72.8 cm³/mol. The third kappa shape index (κ3) is 3.48. The zero-order valence-corrected chi connectivity index (χ0v) is 11.6. The van der Waals surface area contributed by atoms with Crippen LogP contribution >= 0.6 is 0 Å². The first-order valence-electron chi connectivity index (χ1n) is 7.46. The fraction of sp³-hybridized carbons (Fsp3) is 1.00. The summed E-state index contributed by atoms with van der Waals surface area (Å²) in [5.74, 6) is 0. The molecule has 0 amide bonds. The smallest absolute Gasteiger partial charge is 0.0120 e. The highest BCUT2D eigenvalue weighted by Crippen LogP contribution is 2.45. The maximum Gasteiger partial charge on any atom is 0.0120 e. The lowest BCUT2D eigenvalue weighted by Crippen LogP contribution is -2.41. The second-order valence-corrected chi connectivity index (χ2v) is 5.61. The van der Waals surface area contributed by atoms with Crippen LogP contribution in [0.3, 0.4) is 0 Å². The molecule has 0 radical (unpaired) electrons. The number of hydrogen-bond acceptors (Lipinski definition) is 1. The van der Waals surface area contributed by atoms with Gasteiger partial charge in [0, 0.05) is 6.04 Å². The molecule has 0 heterocycles. The summed E-state index contributed by atoms with van der Waals surface area (Å²) in [6.45, 7) is 4.68. The summed E-state index contributed by atoms with van der Waals surface area (Å²) < 4.78 is 0. The Labute approximate surface area is 102 Å². The van der Waals surface area contributed by atoms with Crippen LogP contribution in [0.1, 0.15) is 78.1 Å². The van der Waals surface area contributed by atoms with Gasteiger partial charge in [-0.05, 0) is 38.1 Å². The summed E-state index contributed by atoms with van der Waals surface area (Å²) in [7, 11) is 2.17. The van der Waals surface area contributed by atoms with Crippen LogP contribution in [0.4, 0.5) is 0 Å². The summed E-state index contributed by atoms with van der Waals surface area (Å²) in [6, 6.07) is 0.775. The molecule has 1 aliphatic carbocycles. The van der Waals surface area contributed by atoms with Crippen LogP contribution in [0.25, 0.3) is 0 Å². The standard InChI is InChI=1S/C15H31N/c1-4-6-7-8-11-14(16-3)15(5-2)12-9-10-13-15/h14,16H,4-13H2,1-3H3. The van der Waals surface area contributed by atoms with Crippen molar-refractivity contribution in [2.24, 2.45) is 5.41 Å². The van der Waals surface area contributed by atoms with E-state index >= 15 is 0 Å². The number of nitrogens with one attached hydrogen (secondary N) is 1. The van der Waals surface area contributed by atoms with Gasteiger partial charge in [-0.2, -0.15) is 0 Å². The van der Waals surface area contributed by atoms with E-state index in [9.17, 15) is 0 Å². The highest BCUT2D eigenvalue weighted by atomic mass is 14.9. The molecule has 0 aromatic heterocycles. The van der Waals surface area contributed by atoms with Gasteiger partial charge < -0.3 is 5.32 Å². The highest BCUT2D eigenvalue weighted by Gasteiger charge is 2.38. The van der Waals surface area contributed by atoms with E-state index in [0.717, 1.165) is 6.04 Å². The van der Waals surface area contributed by atoms with Crippen LogP contribution < -0.4 is 5.32 Å². The van der Waals surface area contributed by atoms with E-state index in [4.69, 9.17) is 0 Å². The molecule has 1 rings (SSSR count). The van der Waals surface area contributed by atoms with Crippen LogP contribution in [0, 0.1) is 5.41 Å². The van der Waals surface area contributed by atoms with Gasteiger partial charge in [0.1, 0.15) is 0 Å². The van der Waals surface area contributed by atoms with Crippen molar-refractivity contribution in [2.45, 2.75) is 84.1 Å². The van der Waals surface area contributed by atoms with Gasteiger partial charge in [0.25, 0.3) is 0 Å². The van der Waals surface area contributed by atoms with Crippen molar-refractivity contribution in [1.82, 2.24) is 5.32 Å². The van der Waals surface area contributed by atoms with Crippen molar-refractivity contribution in [3.05, 3.63) is 0 Å². The van der Waals surface area contributed by atoms with Gasteiger partial charge in [-0.25, -0.2) is 0 Å². The Morgan fingerprint density at radius 3 is 2.25 bits per heavy atom. The second kappa shape index (κ2) is 7.32. The Kier molecular flexibility index (Phi) is 6.41. The van der Waals surface area contributed by atoms with E-state index in [-0.39, 0.29) is 0 Å². The highest BCUT2D eigenvalue weighted by molar-refractivity contribution is 4.93. The molecule has 1 unspecified atom stereocenters. The first-order valence-corrected chi connectivity index (χ1v) is 7.46. The van der Waals surface area contributed by atoms with Gasteiger partial charge in [0.05, 0.1) is 0 Å². The average molecular weight is 225 g/mol. The maximum atomic E-state index is 3.61. The third-order valence-corrected chi connectivity index (χ3v) is 4.74. The lowest BCUT2D eigenvalue weighted by Gasteiger charge is -2.37. The Morgan fingerprint density at radius 2 is 1.75 bits per heavy atom. The molecule has 0 spiro atoms. The van der Waals surface area contributed by atoms with E-state index < -0.39 is 0 Å². The van der Waals surface area contributed by atoms with Crippen molar-refractivity contribution in [3.63, 3.8) is 0 Å². The minimum atomic E-state index is 0.640. The fourth-order valence-electron chi connectivity index (χ4n) is 3.56. The summed E-state index contributed by atoms with van der Waals surface area (Å²) in [5.41, 5.74) is 0.640. The predicted octanol–water partition coefficient (Wildman–Crippen LogP) is 4.52. The van der Waals surface area contributed by atoms with Crippen molar-refractivity contribution in [2.75, 3.05) is 7.05 Å². The van der Waals surface area contributed by atoms with Crippen molar-refractivity contribution in [3.8, 4) is 0 Å². The van der Waals surface area contributed by atoms with Crippen LogP contribution in [0.2, 0.25) is 0 Å². The normalized spacial score (nSPS) is 21.2. The van der Waals surface area contributed by atoms with E-state index in [1.165, 1.54) is 64.2 Å². The van der Waals surface area contributed by atoms with Crippen molar-refractivity contribution >= 4 is 0 Å². The van der Waals surface area contributed by atoms with E-state index in [2.05, 4.69) is 26.2 Å². The molecule has 0 bridgehead atoms. The fourth-order valence-corrected chi connectivity index (χ4v) is 3.56. The van der Waals surface area contributed by atoms with Gasteiger partial charge in [-0.3, -0.25) is 0 Å². The molecule has 0 saturated heterocycles. The van der Waals surface area contributed by atoms with E-state index in [1.807, 2.05) is 0 Å². The van der Waals surface area contributed by atoms with Gasteiger partial charge in [0.15, 0.2) is 0 Å². The molecular weight excluding hydrogens is 194 g/mol. The molecule has 0 aliphatic heterocycles. The second-order valence-electron chi connectivity index (χ2n) is 5.61. The van der Waals surface area contributed by atoms with Gasteiger partial charge in [0.2, 0.25) is 0 Å². The molecule has 1 nitrogen and oxygen atoms in total. The van der Waals surface area contributed by atoms with Crippen LogP contribution in [0.5, 0.6) is 0 Å². The molecule has 1 fully saturated rings. The Hall–Kier alpha value is -0.0400. The molecule has 1 atom stereocenters. The van der Waals surface area contributed by atoms with E-state index in [0.29, 0.717) is 5.41 Å². The van der Waals surface area contributed by atoms with Crippen LogP contribution in [-0.2, 0) is 0 Å². The molecule has 1 N–H and O–H groups in total. The largest absolute Gasteiger partial charge is 0.316 e. The van der Waals surface area contributed by atoms with Gasteiger partial charge >= 0.3 is 0 Å². The molecule has 16 heavy (non-hydrogen) atoms. The zero-order chi connectivity index (χ0) is 11.9. The third-order valence-electron chi connectivity index (χ3n) is 4.74. The topological polar surface area (TPSA) is 12.0 Å². The number of hydrogen-bond donors (Lipinski definition) is 1. The zero-order valence-electron chi connectivity index (χ0n) is 11.6. The lowest BCUT2D eigenvalue weighted by molar-refractivity contribution is 0.181. The van der Waals surface area contributed by atoms with Crippen molar-refractivity contribution < 1.29 is 0 Å². The molecule has 96 valence electrons. The first kappa shape index (κ1) is 14.0. The minimum absolute atomic E-state index is 0.640. The maximum absolute atomic E-state index is 3.61. The van der Waals surface area contributed by atoms with Gasteiger partial charge in [-0.15, -0.1) is 0 Å². The quantitative estimate of drug-likeness (QED) is 0.599. The van der Waals surface area contributed by atoms with Crippen LogP contribution in [-0.4, -0.2) is 13.1 Å². The monoisotopic (exact) mass is 225 g/mol. The molecular formula is C15H31N. The number of unbranched alkanes of at least 4 members (excludes halogenated alkanes) is 3. The number of rotatable bonds is 8. The lowest BCUT2D eigenvalue weighted by atomic mass is 9.74. The molecule has 0 aromatic carbocycles. The molecule has 1 aliphatic rings. The Bertz CT molecular complexity index is 170. The molecule has 0 aromatic rings. The summed E-state index contributed by atoms with van der Waals surface area (Å²) in [5, 5.41) is 3.61. The summed E-state index contributed by atoms with van der Waals surface area (Å²) in [4.78, 5) is 0. The SMILES string of the molecule is CCCCCCC(NC)C1(CC)CCCC1. The van der Waals surface area contributed by atoms with Crippen molar-refractivity contribution in [1.29, 1.82) is 0 Å². The Morgan fingerprint density at radius 1 is 1.06 bits per heavy atom. The van der Waals surface area contributed by atoms with Crippen LogP contribution in [0.15, 0.2) is 0 Å². The molecule has 1 saturated carbocycles. The summed E-state index contributed by atoms with van der Waals surface area (Å²) in [6.07, 6.45) is 14.2. The Balaban J connectivity index is 2.38. The average Bonchev–Trinajstić information content (AvgIpc) is 2.79. The molecule has 1 heteroatoms. The van der Waals surface area contributed by atoms with Gasteiger partial charge in [-0.1, -0.05) is 52.4 Å². The first-order chi connectivity index (χ1) is 7.79. The van der Waals surface area contributed by atoms with E-state index in [1.54, 1.807) is 0 Å². The summed E-state index contributed by atoms with van der Waals surface area (Å²) >= 11 is 0.